The van der Waals surface area contributed by atoms with Crippen molar-refractivity contribution in [3.05, 3.63) is 59.4 Å². The number of benzene rings is 1. The average molecular weight is 316 g/mol. The van der Waals surface area contributed by atoms with Crippen molar-refractivity contribution in [2.24, 2.45) is 0 Å². The number of carbonyl (C=O) groups is 1. The van der Waals surface area contributed by atoms with Crippen LogP contribution in [0.4, 0.5) is 5.69 Å². The molecule has 1 aromatic heterocycles. The smallest absolute Gasteiger partial charge is 0.242 e. The Morgan fingerprint density at radius 2 is 2.05 bits per heavy atom. The molecule has 1 aliphatic rings. The number of hydrogen-bond acceptors (Lipinski definition) is 3. The van der Waals surface area contributed by atoms with Crippen molar-refractivity contribution in [2.75, 3.05) is 18.4 Å². The van der Waals surface area contributed by atoms with Crippen molar-refractivity contribution in [1.82, 2.24) is 9.88 Å². The lowest BCUT2D eigenvalue weighted by atomic mass is 10.1. The number of aromatic nitrogens is 1. The van der Waals surface area contributed by atoms with Gasteiger partial charge >= 0.3 is 0 Å². The Morgan fingerprint density at radius 3 is 2.82 bits per heavy atom. The number of halogens is 1. The Bertz CT molecular complexity index is 647. The quantitative estimate of drug-likeness (QED) is 0.939. The third-order valence-electron chi connectivity index (χ3n) is 3.97. The number of hydrogen-bond donors (Lipinski definition) is 1. The molecule has 22 heavy (non-hydrogen) atoms. The van der Waals surface area contributed by atoms with E-state index in [1.807, 2.05) is 41.3 Å². The molecule has 114 valence electrons. The van der Waals surface area contributed by atoms with Crippen LogP contribution in [0.1, 0.15) is 24.4 Å². The van der Waals surface area contributed by atoms with Crippen molar-refractivity contribution in [2.45, 2.75) is 18.9 Å². The molecule has 1 fully saturated rings. The lowest BCUT2D eigenvalue weighted by Gasteiger charge is -2.25. The van der Waals surface area contributed by atoms with Gasteiger partial charge in [-0.05, 0) is 42.7 Å². The lowest BCUT2D eigenvalue weighted by molar-refractivity contribution is -0.130. The zero-order valence-electron chi connectivity index (χ0n) is 12.2. The largest absolute Gasteiger partial charge is 0.375 e. The first-order valence-electron chi connectivity index (χ1n) is 7.43. The van der Waals surface area contributed by atoms with Gasteiger partial charge in [-0.25, -0.2) is 0 Å². The van der Waals surface area contributed by atoms with Crippen molar-refractivity contribution in [3.8, 4) is 0 Å². The molecule has 1 N–H and O–H groups in total. The maximum Gasteiger partial charge on any atom is 0.242 e. The second-order valence-corrected chi connectivity index (χ2v) is 5.77. The van der Waals surface area contributed by atoms with Crippen LogP contribution in [0.5, 0.6) is 0 Å². The van der Waals surface area contributed by atoms with Gasteiger partial charge in [0.05, 0.1) is 23.3 Å². The molecule has 1 saturated heterocycles. The number of para-hydroxylation sites is 1. The first-order valence-corrected chi connectivity index (χ1v) is 7.81. The highest BCUT2D eigenvalue weighted by molar-refractivity contribution is 6.33. The minimum absolute atomic E-state index is 0.0965. The van der Waals surface area contributed by atoms with E-state index in [0.29, 0.717) is 5.02 Å². The molecule has 1 amide bonds. The Labute approximate surface area is 135 Å². The number of pyridine rings is 1. The number of likely N-dealkylation sites (tertiary alicyclic amines) is 1. The molecule has 1 atom stereocenters. The summed E-state index contributed by atoms with van der Waals surface area (Å²) in [5.41, 5.74) is 1.94. The lowest BCUT2D eigenvalue weighted by Crippen LogP contribution is -2.35. The molecule has 0 radical (unpaired) electrons. The van der Waals surface area contributed by atoms with E-state index >= 15 is 0 Å². The molecular weight excluding hydrogens is 298 g/mol. The van der Waals surface area contributed by atoms with E-state index in [1.54, 1.807) is 12.4 Å². The minimum atomic E-state index is 0.0965. The number of nitrogens with one attached hydrogen (secondary N) is 1. The van der Waals surface area contributed by atoms with Gasteiger partial charge in [-0.15, -0.1) is 0 Å². The summed E-state index contributed by atoms with van der Waals surface area (Å²) in [6.45, 7) is 1.06. The highest BCUT2D eigenvalue weighted by Gasteiger charge is 2.29. The van der Waals surface area contributed by atoms with Gasteiger partial charge in [0.1, 0.15) is 0 Å². The summed E-state index contributed by atoms with van der Waals surface area (Å²) >= 11 is 6.10. The molecule has 4 nitrogen and oxygen atoms in total. The summed E-state index contributed by atoms with van der Waals surface area (Å²) in [5.74, 6) is 0.0965. The van der Waals surface area contributed by atoms with Gasteiger partial charge < -0.3 is 10.2 Å². The van der Waals surface area contributed by atoms with Gasteiger partial charge in [-0.3, -0.25) is 9.78 Å². The Morgan fingerprint density at radius 1 is 1.27 bits per heavy atom. The summed E-state index contributed by atoms with van der Waals surface area (Å²) in [7, 11) is 0. The van der Waals surface area contributed by atoms with Crippen LogP contribution in [0, 0.1) is 0 Å². The third-order valence-corrected chi connectivity index (χ3v) is 4.30. The van der Waals surface area contributed by atoms with E-state index < -0.39 is 0 Å². The molecule has 0 saturated carbocycles. The summed E-state index contributed by atoms with van der Waals surface area (Å²) in [4.78, 5) is 18.5. The van der Waals surface area contributed by atoms with Crippen molar-refractivity contribution >= 4 is 23.2 Å². The molecule has 5 heteroatoms. The Kier molecular flexibility index (Phi) is 4.59. The van der Waals surface area contributed by atoms with Gasteiger partial charge in [0.15, 0.2) is 0 Å². The number of amides is 1. The molecule has 1 aliphatic heterocycles. The monoisotopic (exact) mass is 315 g/mol. The fourth-order valence-corrected chi connectivity index (χ4v) is 3.08. The molecule has 1 aromatic carbocycles. The predicted octanol–water partition coefficient (Wildman–Crippen LogP) is 3.51. The molecule has 3 rings (SSSR count). The van der Waals surface area contributed by atoms with Crippen molar-refractivity contribution < 1.29 is 4.79 Å². The van der Waals surface area contributed by atoms with Gasteiger partial charge in [0, 0.05) is 18.9 Å². The topological polar surface area (TPSA) is 45.2 Å². The summed E-state index contributed by atoms with van der Waals surface area (Å²) in [5, 5.41) is 3.75. The van der Waals surface area contributed by atoms with Crippen LogP contribution in [0.2, 0.25) is 5.02 Å². The minimum Gasteiger partial charge on any atom is -0.375 e. The van der Waals surface area contributed by atoms with E-state index in [2.05, 4.69) is 10.3 Å². The zero-order chi connectivity index (χ0) is 15.4. The van der Waals surface area contributed by atoms with E-state index in [4.69, 9.17) is 11.6 Å². The summed E-state index contributed by atoms with van der Waals surface area (Å²) in [6.07, 6.45) is 5.59. The van der Waals surface area contributed by atoms with Crippen LogP contribution in [0.3, 0.4) is 0 Å². The third kappa shape index (κ3) is 3.22. The van der Waals surface area contributed by atoms with Gasteiger partial charge in [0.25, 0.3) is 0 Å². The Balaban J connectivity index is 1.65. The number of anilines is 1. The van der Waals surface area contributed by atoms with Crippen LogP contribution in [0.25, 0.3) is 0 Å². The van der Waals surface area contributed by atoms with Crippen LogP contribution in [-0.2, 0) is 4.79 Å². The fourth-order valence-electron chi connectivity index (χ4n) is 2.87. The normalized spacial score (nSPS) is 17.5. The van der Waals surface area contributed by atoms with Crippen LogP contribution in [0.15, 0.2) is 48.8 Å². The molecule has 0 spiro atoms. The SMILES string of the molecule is O=C(CNc1ccccc1Cl)N1CCC[C@@H]1c1ccncc1. The average Bonchev–Trinajstić information content (AvgIpc) is 3.04. The van der Waals surface area contributed by atoms with E-state index in [-0.39, 0.29) is 18.5 Å². The molecular formula is C17H18ClN3O. The number of carbonyl (C=O) groups excluding carboxylic acids is 1. The second-order valence-electron chi connectivity index (χ2n) is 5.36. The molecule has 0 bridgehead atoms. The standard InChI is InChI=1S/C17H18ClN3O/c18-14-4-1-2-5-15(14)20-12-17(22)21-11-3-6-16(21)13-7-9-19-10-8-13/h1-2,4-5,7-10,16,20H,3,6,11-12H2/t16-/m1/s1. The van der Waals surface area contributed by atoms with Crippen LogP contribution < -0.4 is 5.32 Å². The molecule has 2 aromatic rings. The molecule has 0 aliphatic carbocycles. The van der Waals surface area contributed by atoms with Crippen LogP contribution in [-0.4, -0.2) is 28.9 Å². The van der Waals surface area contributed by atoms with E-state index in [0.717, 1.165) is 30.6 Å². The second kappa shape index (κ2) is 6.79. The van der Waals surface area contributed by atoms with E-state index in [1.165, 1.54) is 0 Å². The van der Waals surface area contributed by atoms with Gasteiger partial charge in [-0.2, -0.15) is 0 Å². The first kappa shape index (κ1) is 14.9. The highest BCUT2D eigenvalue weighted by Crippen LogP contribution is 2.31. The van der Waals surface area contributed by atoms with E-state index in [9.17, 15) is 4.79 Å². The highest BCUT2D eigenvalue weighted by atomic mass is 35.5. The fraction of sp³-hybridized carbons (Fsp3) is 0.294. The number of nitrogens with zero attached hydrogens (tertiary/aromatic N) is 2. The molecule has 2 heterocycles. The van der Waals surface area contributed by atoms with Crippen molar-refractivity contribution in [1.29, 1.82) is 0 Å². The predicted molar refractivity (Wildman–Crippen MR) is 87.9 cm³/mol. The maximum atomic E-state index is 12.5. The summed E-state index contributed by atoms with van der Waals surface area (Å²) in [6, 6.07) is 11.6. The van der Waals surface area contributed by atoms with Gasteiger partial charge in [-0.1, -0.05) is 23.7 Å². The van der Waals surface area contributed by atoms with Crippen LogP contribution >= 0.6 is 11.6 Å². The Hall–Kier alpha value is -2.07. The first-order chi connectivity index (χ1) is 10.8. The molecule has 0 unspecified atom stereocenters. The summed E-state index contributed by atoms with van der Waals surface area (Å²) < 4.78 is 0. The number of rotatable bonds is 4. The van der Waals surface area contributed by atoms with Crippen molar-refractivity contribution in [3.63, 3.8) is 0 Å². The maximum absolute atomic E-state index is 12.5. The zero-order valence-corrected chi connectivity index (χ0v) is 13.0. The van der Waals surface area contributed by atoms with Gasteiger partial charge in [0.2, 0.25) is 5.91 Å².